The summed E-state index contributed by atoms with van der Waals surface area (Å²) in [6.07, 6.45) is 1.28. The van der Waals surface area contributed by atoms with Gasteiger partial charge in [0, 0.05) is 17.8 Å². The maximum absolute atomic E-state index is 5.86. The van der Waals surface area contributed by atoms with E-state index in [0.29, 0.717) is 6.10 Å². The number of anilines is 2. The van der Waals surface area contributed by atoms with E-state index in [9.17, 15) is 0 Å². The van der Waals surface area contributed by atoms with Crippen LogP contribution in [0.2, 0.25) is 0 Å². The third kappa shape index (κ3) is 2.31. The highest BCUT2D eigenvalue weighted by Crippen LogP contribution is 2.29. The molecule has 3 heteroatoms. The van der Waals surface area contributed by atoms with Gasteiger partial charge in [0.1, 0.15) is 0 Å². The summed E-state index contributed by atoms with van der Waals surface area (Å²) in [4.78, 5) is 0. The van der Waals surface area contributed by atoms with Gasteiger partial charge in [0.2, 0.25) is 0 Å². The number of epoxide rings is 1. The van der Waals surface area contributed by atoms with Gasteiger partial charge in [-0.1, -0.05) is 18.2 Å². The molecule has 1 fully saturated rings. The van der Waals surface area contributed by atoms with Crippen molar-refractivity contribution < 1.29 is 4.74 Å². The van der Waals surface area contributed by atoms with Gasteiger partial charge in [0.15, 0.2) is 0 Å². The molecule has 3 rings (SSSR count). The number of rotatable bonds is 3. The van der Waals surface area contributed by atoms with Gasteiger partial charge >= 0.3 is 0 Å². The van der Waals surface area contributed by atoms with Gasteiger partial charge < -0.3 is 16.2 Å². The van der Waals surface area contributed by atoms with Crippen molar-refractivity contribution in [1.82, 2.24) is 0 Å². The predicted octanol–water partition coefficient (Wildman–Crippen LogP) is 2.46. The second-order valence-corrected chi connectivity index (χ2v) is 4.70. The number of nitrogen functional groups attached to an aromatic ring is 2. The molecule has 4 N–H and O–H groups in total. The van der Waals surface area contributed by atoms with E-state index in [-0.39, 0.29) is 0 Å². The predicted molar refractivity (Wildman–Crippen MR) is 74.1 cm³/mol. The smallest absolute Gasteiger partial charge is 0.0850 e. The molecule has 1 atom stereocenters. The molecule has 2 aromatic carbocycles. The van der Waals surface area contributed by atoms with Gasteiger partial charge in [-0.05, 0) is 41.0 Å². The van der Waals surface area contributed by atoms with Gasteiger partial charge in [-0.2, -0.15) is 0 Å². The van der Waals surface area contributed by atoms with Crippen LogP contribution in [0.1, 0.15) is 5.56 Å². The third-order valence-electron chi connectivity index (χ3n) is 3.20. The molecular formula is C15H16N2O. The Kier molecular flexibility index (Phi) is 2.68. The summed E-state index contributed by atoms with van der Waals surface area (Å²) >= 11 is 0. The first kappa shape index (κ1) is 11.1. The SMILES string of the molecule is Nc1ccc(-c2ccc(N)cc2CC2CO2)cc1. The fourth-order valence-electron chi connectivity index (χ4n) is 2.16. The van der Waals surface area contributed by atoms with Crippen LogP contribution >= 0.6 is 0 Å². The Morgan fingerprint density at radius 2 is 1.67 bits per heavy atom. The van der Waals surface area contributed by atoms with Crippen LogP contribution in [0.5, 0.6) is 0 Å². The third-order valence-corrected chi connectivity index (χ3v) is 3.20. The van der Waals surface area contributed by atoms with Crippen LogP contribution in [-0.4, -0.2) is 12.7 Å². The maximum Gasteiger partial charge on any atom is 0.0850 e. The molecule has 0 saturated carbocycles. The van der Waals surface area contributed by atoms with Crippen LogP contribution in [0.15, 0.2) is 42.5 Å². The van der Waals surface area contributed by atoms with E-state index >= 15 is 0 Å². The molecule has 0 spiro atoms. The summed E-state index contributed by atoms with van der Waals surface area (Å²) in [6.45, 7) is 0.857. The lowest BCUT2D eigenvalue weighted by Gasteiger charge is -2.10. The maximum atomic E-state index is 5.86. The Balaban J connectivity index is 2.01. The minimum absolute atomic E-state index is 0.360. The number of hydrogen-bond donors (Lipinski definition) is 2. The Morgan fingerprint density at radius 3 is 2.33 bits per heavy atom. The van der Waals surface area contributed by atoms with E-state index < -0.39 is 0 Å². The standard InChI is InChI=1S/C15H16N2O/c16-12-3-1-10(2-4-12)15-6-5-13(17)7-11(15)8-14-9-18-14/h1-7,14H,8-9,16-17H2. The van der Waals surface area contributed by atoms with Crippen molar-refractivity contribution in [1.29, 1.82) is 0 Å². The molecule has 1 unspecified atom stereocenters. The van der Waals surface area contributed by atoms with Gasteiger partial charge in [-0.15, -0.1) is 0 Å². The van der Waals surface area contributed by atoms with Crippen molar-refractivity contribution in [3.8, 4) is 11.1 Å². The second kappa shape index (κ2) is 4.35. The molecule has 0 bridgehead atoms. The molecule has 0 aliphatic carbocycles. The zero-order chi connectivity index (χ0) is 12.5. The molecule has 2 aromatic rings. The number of nitrogens with two attached hydrogens (primary N) is 2. The van der Waals surface area contributed by atoms with Crippen molar-refractivity contribution in [2.45, 2.75) is 12.5 Å². The lowest BCUT2D eigenvalue weighted by molar-refractivity contribution is 0.408. The van der Waals surface area contributed by atoms with Crippen LogP contribution in [-0.2, 0) is 11.2 Å². The lowest BCUT2D eigenvalue weighted by Crippen LogP contribution is -1.98. The average molecular weight is 240 g/mol. The molecule has 1 aliphatic rings. The van der Waals surface area contributed by atoms with Crippen molar-refractivity contribution in [2.24, 2.45) is 0 Å². The Hall–Kier alpha value is -2.00. The summed E-state index contributed by atoms with van der Waals surface area (Å²) in [5.41, 5.74) is 16.8. The first-order valence-electron chi connectivity index (χ1n) is 6.08. The normalized spacial score (nSPS) is 17.7. The highest BCUT2D eigenvalue weighted by Gasteiger charge is 2.24. The van der Waals surface area contributed by atoms with E-state index in [1.807, 2.05) is 36.4 Å². The minimum atomic E-state index is 0.360. The Morgan fingerprint density at radius 1 is 1.00 bits per heavy atom. The highest BCUT2D eigenvalue weighted by molar-refractivity contribution is 5.71. The molecule has 1 aliphatic heterocycles. The van der Waals surface area contributed by atoms with E-state index in [0.717, 1.165) is 24.4 Å². The van der Waals surface area contributed by atoms with Crippen molar-refractivity contribution >= 4 is 11.4 Å². The minimum Gasteiger partial charge on any atom is -0.399 e. The molecule has 0 amide bonds. The fraction of sp³-hybridized carbons (Fsp3) is 0.200. The van der Waals surface area contributed by atoms with E-state index in [4.69, 9.17) is 16.2 Å². The molecule has 1 saturated heterocycles. The summed E-state index contributed by atoms with van der Waals surface area (Å²) in [6, 6.07) is 14.0. The number of benzene rings is 2. The molecule has 92 valence electrons. The number of hydrogen-bond acceptors (Lipinski definition) is 3. The quantitative estimate of drug-likeness (QED) is 0.639. The Bertz CT molecular complexity index is 559. The molecule has 0 aromatic heterocycles. The molecule has 18 heavy (non-hydrogen) atoms. The summed E-state index contributed by atoms with van der Waals surface area (Å²) in [5.74, 6) is 0. The van der Waals surface area contributed by atoms with Crippen LogP contribution < -0.4 is 11.5 Å². The first-order valence-corrected chi connectivity index (χ1v) is 6.08. The van der Waals surface area contributed by atoms with Crippen molar-refractivity contribution in [3.63, 3.8) is 0 Å². The summed E-state index contributed by atoms with van der Waals surface area (Å²) < 4.78 is 5.30. The van der Waals surface area contributed by atoms with E-state index in [1.54, 1.807) is 0 Å². The summed E-state index contributed by atoms with van der Waals surface area (Å²) in [7, 11) is 0. The molecular weight excluding hydrogens is 224 g/mol. The molecule has 3 nitrogen and oxygen atoms in total. The second-order valence-electron chi connectivity index (χ2n) is 4.70. The monoisotopic (exact) mass is 240 g/mol. The zero-order valence-corrected chi connectivity index (χ0v) is 10.1. The van der Waals surface area contributed by atoms with E-state index in [1.165, 1.54) is 16.7 Å². The summed E-state index contributed by atoms with van der Waals surface area (Å²) in [5, 5.41) is 0. The average Bonchev–Trinajstić information content (AvgIpc) is 3.15. The largest absolute Gasteiger partial charge is 0.399 e. The van der Waals surface area contributed by atoms with Gasteiger partial charge in [-0.3, -0.25) is 0 Å². The van der Waals surface area contributed by atoms with Crippen molar-refractivity contribution in [3.05, 3.63) is 48.0 Å². The van der Waals surface area contributed by atoms with Gasteiger partial charge in [0.25, 0.3) is 0 Å². The topological polar surface area (TPSA) is 64.6 Å². The van der Waals surface area contributed by atoms with Crippen LogP contribution in [0.25, 0.3) is 11.1 Å². The van der Waals surface area contributed by atoms with Crippen LogP contribution in [0.4, 0.5) is 11.4 Å². The van der Waals surface area contributed by atoms with Crippen LogP contribution in [0, 0.1) is 0 Å². The van der Waals surface area contributed by atoms with Crippen molar-refractivity contribution in [2.75, 3.05) is 18.1 Å². The number of ether oxygens (including phenoxy) is 1. The first-order chi connectivity index (χ1) is 8.72. The molecule has 1 heterocycles. The van der Waals surface area contributed by atoms with Gasteiger partial charge in [-0.25, -0.2) is 0 Å². The highest BCUT2D eigenvalue weighted by atomic mass is 16.6. The van der Waals surface area contributed by atoms with E-state index in [2.05, 4.69) is 6.07 Å². The van der Waals surface area contributed by atoms with Gasteiger partial charge in [0.05, 0.1) is 12.7 Å². The lowest BCUT2D eigenvalue weighted by atomic mass is 9.96. The van der Waals surface area contributed by atoms with Crippen LogP contribution in [0.3, 0.4) is 0 Å². The Labute approximate surface area is 106 Å². The molecule has 0 radical (unpaired) electrons. The zero-order valence-electron chi connectivity index (χ0n) is 10.1. The fourth-order valence-corrected chi connectivity index (χ4v) is 2.16.